The van der Waals surface area contributed by atoms with E-state index in [4.69, 9.17) is 0 Å². The van der Waals surface area contributed by atoms with Crippen LogP contribution in [-0.4, -0.2) is 28.7 Å². The van der Waals surface area contributed by atoms with Gasteiger partial charge in [0.25, 0.3) is 5.91 Å². The van der Waals surface area contributed by atoms with E-state index in [9.17, 15) is 9.18 Å². The van der Waals surface area contributed by atoms with Gasteiger partial charge in [0.15, 0.2) is 0 Å². The topological polar surface area (TPSA) is 20.3 Å². The first-order valence-electron chi connectivity index (χ1n) is 6.45. The highest BCUT2D eigenvalue weighted by atomic mass is 79.9. The number of hydrogen-bond donors (Lipinski definition) is 0. The third kappa shape index (κ3) is 3.57. The molecule has 0 bridgehead atoms. The van der Waals surface area contributed by atoms with E-state index >= 15 is 0 Å². The lowest BCUT2D eigenvalue weighted by molar-refractivity contribution is 0.0691. The molecule has 1 fully saturated rings. The highest BCUT2D eigenvalue weighted by molar-refractivity contribution is 9.10. The van der Waals surface area contributed by atoms with E-state index in [0.717, 1.165) is 30.2 Å². The average Bonchev–Trinajstić information content (AvgIpc) is 2.92. The summed E-state index contributed by atoms with van der Waals surface area (Å²) in [6, 6.07) is 4.76. The standard InChI is InChI=1S/C14H16Br2FNO/c15-7-8-18(11-3-1-2-4-11)14(19)12-9-10(16)5-6-13(12)17/h5-6,9,11H,1-4,7-8H2. The number of amides is 1. The van der Waals surface area contributed by atoms with Crippen molar-refractivity contribution in [3.05, 3.63) is 34.1 Å². The smallest absolute Gasteiger partial charge is 0.257 e. The molecule has 2 nitrogen and oxygen atoms in total. The molecular formula is C14H16Br2FNO. The molecule has 0 unspecified atom stereocenters. The van der Waals surface area contributed by atoms with Crippen LogP contribution in [0.1, 0.15) is 36.0 Å². The molecule has 0 atom stereocenters. The summed E-state index contributed by atoms with van der Waals surface area (Å²) < 4.78 is 14.6. The van der Waals surface area contributed by atoms with Crippen LogP contribution < -0.4 is 0 Å². The molecule has 104 valence electrons. The summed E-state index contributed by atoms with van der Waals surface area (Å²) in [6.07, 6.45) is 4.35. The van der Waals surface area contributed by atoms with Crippen LogP contribution in [0.15, 0.2) is 22.7 Å². The lowest BCUT2D eigenvalue weighted by Gasteiger charge is -2.28. The highest BCUT2D eigenvalue weighted by Crippen LogP contribution is 2.26. The van der Waals surface area contributed by atoms with Gasteiger partial charge in [-0.25, -0.2) is 4.39 Å². The first-order valence-corrected chi connectivity index (χ1v) is 8.37. The minimum Gasteiger partial charge on any atom is -0.335 e. The Morgan fingerprint density at radius 3 is 2.68 bits per heavy atom. The Morgan fingerprint density at radius 1 is 1.37 bits per heavy atom. The van der Waals surface area contributed by atoms with Gasteiger partial charge in [-0.3, -0.25) is 4.79 Å². The van der Waals surface area contributed by atoms with E-state index < -0.39 is 5.82 Å². The molecule has 1 aromatic carbocycles. The zero-order valence-electron chi connectivity index (χ0n) is 10.5. The minimum absolute atomic E-state index is 0.155. The van der Waals surface area contributed by atoms with Crippen molar-refractivity contribution in [3.8, 4) is 0 Å². The molecule has 19 heavy (non-hydrogen) atoms. The molecule has 0 saturated heterocycles. The summed E-state index contributed by atoms with van der Waals surface area (Å²) in [7, 11) is 0. The van der Waals surface area contributed by atoms with Crippen LogP contribution in [0.5, 0.6) is 0 Å². The predicted molar refractivity (Wildman–Crippen MR) is 81.2 cm³/mol. The fourth-order valence-electron chi connectivity index (χ4n) is 2.57. The maximum absolute atomic E-state index is 13.8. The zero-order chi connectivity index (χ0) is 13.8. The van der Waals surface area contributed by atoms with Gasteiger partial charge in [-0.1, -0.05) is 44.7 Å². The largest absolute Gasteiger partial charge is 0.335 e. The SMILES string of the molecule is O=C(c1cc(Br)ccc1F)N(CCBr)C1CCCC1. The van der Waals surface area contributed by atoms with Crippen molar-refractivity contribution >= 4 is 37.8 Å². The van der Waals surface area contributed by atoms with Gasteiger partial charge in [0.2, 0.25) is 0 Å². The fourth-order valence-corrected chi connectivity index (χ4v) is 3.32. The Bertz CT molecular complexity index is 461. The maximum Gasteiger partial charge on any atom is 0.257 e. The lowest BCUT2D eigenvalue weighted by atomic mass is 10.1. The molecule has 0 aromatic heterocycles. The van der Waals surface area contributed by atoms with Crippen LogP contribution in [0.25, 0.3) is 0 Å². The lowest BCUT2D eigenvalue weighted by Crippen LogP contribution is -2.40. The normalized spacial score (nSPS) is 15.7. The second-order valence-electron chi connectivity index (χ2n) is 4.75. The number of rotatable bonds is 4. The van der Waals surface area contributed by atoms with Crippen LogP contribution in [0.4, 0.5) is 4.39 Å². The maximum atomic E-state index is 13.8. The Morgan fingerprint density at radius 2 is 2.05 bits per heavy atom. The van der Waals surface area contributed by atoms with Gasteiger partial charge in [-0.05, 0) is 31.0 Å². The van der Waals surface area contributed by atoms with Crippen molar-refractivity contribution in [2.24, 2.45) is 0 Å². The summed E-state index contributed by atoms with van der Waals surface area (Å²) in [6.45, 7) is 0.620. The van der Waals surface area contributed by atoms with Gasteiger partial charge in [-0.15, -0.1) is 0 Å². The van der Waals surface area contributed by atoms with Gasteiger partial charge in [0.1, 0.15) is 5.82 Å². The van der Waals surface area contributed by atoms with Crippen LogP contribution in [0.2, 0.25) is 0 Å². The molecule has 1 amide bonds. The fraction of sp³-hybridized carbons (Fsp3) is 0.500. The third-order valence-electron chi connectivity index (χ3n) is 3.51. The van der Waals surface area contributed by atoms with E-state index in [0.29, 0.717) is 11.9 Å². The molecule has 1 saturated carbocycles. The summed E-state index contributed by atoms with van der Waals surface area (Å²) in [5, 5.41) is 0.713. The van der Waals surface area contributed by atoms with E-state index in [1.165, 1.54) is 6.07 Å². The van der Waals surface area contributed by atoms with Crippen LogP contribution in [0, 0.1) is 5.82 Å². The molecule has 2 rings (SSSR count). The average molecular weight is 393 g/mol. The first-order chi connectivity index (χ1) is 9.13. The second kappa shape index (κ2) is 6.84. The minimum atomic E-state index is -0.453. The van der Waals surface area contributed by atoms with Crippen molar-refractivity contribution in [1.29, 1.82) is 0 Å². The number of benzene rings is 1. The van der Waals surface area contributed by atoms with Gasteiger partial charge in [0.05, 0.1) is 5.56 Å². The van der Waals surface area contributed by atoms with Gasteiger partial charge >= 0.3 is 0 Å². The van der Waals surface area contributed by atoms with Gasteiger partial charge in [0, 0.05) is 22.4 Å². The number of nitrogens with zero attached hydrogens (tertiary/aromatic N) is 1. The zero-order valence-corrected chi connectivity index (χ0v) is 13.7. The Hall–Kier alpha value is -0.420. The van der Waals surface area contributed by atoms with E-state index in [-0.39, 0.29) is 17.5 Å². The molecule has 0 N–H and O–H groups in total. The summed E-state index contributed by atoms with van der Waals surface area (Å²) in [4.78, 5) is 14.4. The van der Waals surface area contributed by atoms with Crippen molar-refractivity contribution < 1.29 is 9.18 Å². The van der Waals surface area contributed by atoms with Crippen molar-refractivity contribution in [1.82, 2.24) is 4.90 Å². The molecule has 0 radical (unpaired) electrons. The number of hydrogen-bond acceptors (Lipinski definition) is 1. The summed E-state index contributed by atoms with van der Waals surface area (Å²) in [5.74, 6) is -0.657. The summed E-state index contributed by atoms with van der Waals surface area (Å²) in [5.41, 5.74) is 0.155. The molecule has 0 spiro atoms. The Labute approximate surface area is 129 Å². The van der Waals surface area contributed by atoms with Crippen molar-refractivity contribution in [2.45, 2.75) is 31.7 Å². The predicted octanol–water partition coefficient (Wildman–Crippen LogP) is 4.37. The number of carbonyl (C=O) groups excluding carboxylic acids is 1. The van der Waals surface area contributed by atoms with Crippen LogP contribution in [0.3, 0.4) is 0 Å². The molecular weight excluding hydrogens is 377 g/mol. The van der Waals surface area contributed by atoms with Crippen molar-refractivity contribution in [3.63, 3.8) is 0 Å². The third-order valence-corrected chi connectivity index (χ3v) is 4.36. The molecule has 0 aliphatic heterocycles. The van der Waals surface area contributed by atoms with Crippen LogP contribution >= 0.6 is 31.9 Å². The molecule has 1 aromatic rings. The molecule has 1 aliphatic rings. The van der Waals surface area contributed by atoms with Gasteiger partial charge in [-0.2, -0.15) is 0 Å². The Kier molecular flexibility index (Phi) is 5.39. The monoisotopic (exact) mass is 391 g/mol. The highest BCUT2D eigenvalue weighted by Gasteiger charge is 2.28. The van der Waals surface area contributed by atoms with Crippen LogP contribution in [-0.2, 0) is 0 Å². The van der Waals surface area contributed by atoms with Gasteiger partial charge < -0.3 is 4.90 Å². The second-order valence-corrected chi connectivity index (χ2v) is 6.46. The summed E-state index contributed by atoms with van der Waals surface area (Å²) >= 11 is 6.66. The quantitative estimate of drug-likeness (QED) is 0.696. The number of halogens is 3. The number of carbonyl (C=O) groups is 1. The Balaban J connectivity index is 2.25. The molecule has 1 aliphatic carbocycles. The van der Waals surface area contributed by atoms with Crippen molar-refractivity contribution in [2.75, 3.05) is 11.9 Å². The number of alkyl halides is 1. The molecule has 0 heterocycles. The van der Waals surface area contributed by atoms with E-state index in [1.54, 1.807) is 12.1 Å². The van der Waals surface area contributed by atoms with E-state index in [2.05, 4.69) is 31.9 Å². The first kappa shape index (κ1) is 15.0. The van der Waals surface area contributed by atoms with E-state index in [1.807, 2.05) is 4.90 Å². The molecule has 5 heteroatoms.